The number of halogens is 1. The van der Waals surface area contributed by atoms with Crippen LogP contribution in [0.15, 0.2) is 39.5 Å². The molecule has 3 aromatic heterocycles. The monoisotopic (exact) mass is 319 g/mol. The van der Waals surface area contributed by atoms with Crippen LogP contribution in [0, 0.1) is 0 Å². The van der Waals surface area contributed by atoms with E-state index in [2.05, 4.69) is 30.9 Å². The summed E-state index contributed by atoms with van der Waals surface area (Å²) in [5, 5.41) is 8.77. The van der Waals surface area contributed by atoms with Crippen LogP contribution >= 0.6 is 15.9 Å². The minimum Gasteiger partial charge on any atom is -0.477 e. The van der Waals surface area contributed by atoms with Gasteiger partial charge in [-0.1, -0.05) is 0 Å². The molecule has 0 bridgehead atoms. The van der Waals surface area contributed by atoms with E-state index in [1.807, 2.05) is 0 Å². The predicted molar refractivity (Wildman–Crippen MR) is 69.7 cm³/mol. The molecule has 0 aliphatic carbocycles. The number of hydrogen-bond donors (Lipinski definition) is 1. The summed E-state index contributed by atoms with van der Waals surface area (Å²) in [4.78, 5) is 22.9. The first-order valence-electron chi connectivity index (χ1n) is 5.25. The Morgan fingerprint density at radius 1 is 1.26 bits per heavy atom. The summed E-state index contributed by atoms with van der Waals surface area (Å²) < 4.78 is 6.28. The average molecular weight is 320 g/mol. The molecule has 0 aromatic carbocycles. The molecule has 0 saturated heterocycles. The van der Waals surface area contributed by atoms with Crippen molar-refractivity contribution in [2.24, 2.45) is 0 Å². The molecular formula is C12H6BrN3O3. The number of hydrogen-bond acceptors (Lipinski definition) is 5. The molecule has 19 heavy (non-hydrogen) atoms. The van der Waals surface area contributed by atoms with Gasteiger partial charge in [-0.25, -0.2) is 19.7 Å². The molecule has 0 unspecified atom stereocenters. The lowest BCUT2D eigenvalue weighted by Gasteiger charge is -1.95. The summed E-state index contributed by atoms with van der Waals surface area (Å²) in [5.41, 5.74) is 1.60. The lowest BCUT2D eigenvalue weighted by atomic mass is 10.2. The fourth-order valence-electron chi connectivity index (χ4n) is 1.57. The smallest absolute Gasteiger partial charge is 0.354 e. The molecule has 0 atom stereocenters. The topological polar surface area (TPSA) is 89.1 Å². The highest BCUT2D eigenvalue weighted by atomic mass is 79.9. The average Bonchev–Trinajstić information content (AvgIpc) is 2.81. The van der Waals surface area contributed by atoms with Gasteiger partial charge in [0.15, 0.2) is 0 Å². The van der Waals surface area contributed by atoms with E-state index in [0.717, 1.165) is 4.47 Å². The van der Waals surface area contributed by atoms with Crippen molar-refractivity contribution in [2.75, 3.05) is 0 Å². The van der Waals surface area contributed by atoms with Crippen LogP contribution in [-0.2, 0) is 0 Å². The van der Waals surface area contributed by atoms with Gasteiger partial charge in [0.25, 0.3) is 0 Å². The highest BCUT2D eigenvalue weighted by Crippen LogP contribution is 2.24. The number of fused-ring (bicyclic) bond motifs is 1. The molecule has 0 amide bonds. The molecule has 0 radical (unpaired) electrons. The van der Waals surface area contributed by atoms with Gasteiger partial charge in [0.05, 0.1) is 5.56 Å². The van der Waals surface area contributed by atoms with Crippen LogP contribution in [0.25, 0.3) is 22.7 Å². The van der Waals surface area contributed by atoms with Gasteiger partial charge in [-0.3, -0.25) is 0 Å². The van der Waals surface area contributed by atoms with E-state index in [1.165, 1.54) is 12.3 Å². The Kier molecular flexibility index (Phi) is 2.75. The molecule has 3 rings (SSSR count). The number of aromatic carboxylic acids is 1. The van der Waals surface area contributed by atoms with Crippen molar-refractivity contribution in [3.8, 4) is 11.5 Å². The molecular weight excluding hydrogens is 314 g/mol. The molecule has 0 aliphatic rings. The predicted octanol–water partition coefficient (Wildman–Crippen LogP) is 2.75. The Bertz CT molecular complexity index is 767. The third kappa shape index (κ3) is 2.19. The van der Waals surface area contributed by atoms with Gasteiger partial charge in [-0.15, -0.1) is 0 Å². The molecule has 0 fully saturated rings. The lowest BCUT2D eigenvalue weighted by Crippen LogP contribution is -1.99. The summed E-state index contributed by atoms with van der Waals surface area (Å²) in [6.45, 7) is 0. The number of rotatable bonds is 2. The number of aromatic nitrogens is 3. The minimum atomic E-state index is -1.07. The van der Waals surface area contributed by atoms with E-state index in [9.17, 15) is 4.79 Å². The molecule has 7 heteroatoms. The third-order valence-corrected chi connectivity index (χ3v) is 2.88. The quantitative estimate of drug-likeness (QED) is 0.781. The Morgan fingerprint density at radius 2 is 2.11 bits per heavy atom. The standard InChI is InChI=1S/C12H6BrN3O3/c13-7-3-9-11(15-5-7)19-10(16-9)6-1-2-8(12(17)18)14-4-6/h1-5H,(H,17,18). The second-order valence-electron chi connectivity index (χ2n) is 3.73. The van der Waals surface area contributed by atoms with Crippen LogP contribution in [-0.4, -0.2) is 26.0 Å². The Balaban J connectivity index is 2.06. The van der Waals surface area contributed by atoms with E-state index in [0.29, 0.717) is 22.7 Å². The summed E-state index contributed by atoms with van der Waals surface area (Å²) in [7, 11) is 0. The second kappa shape index (κ2) is 4.43. The number of carboxylic acids is 1. The van der Waals surface area contributed by atoms with Crippen molar-refractivity contribution in [2.45, 2.75) is 0 Å². The van der Waals surface area contributed by atoms with Crippen LogP contribution in [0.5, 0.6) is 0 Å². The van der Waals surface area contributed by atoms with E-state index in [-0.39, 0.29) is 5.69 Å². The van der Waals surface area contributed by atoms with Gasteiger partial charge in [0.2, 0.25) is 11.6 Å². The molecule has 6 nitrogen and oxygen atoms in total. The fourth-order valence-corrected chi connectivity index (χ4v) is 1.89. The van der Waals surface area contributed by atoms with Crippen molar-refractivity contribution >= 4 is 33.1 Å². The van der Waals surface area contributed by atoms with E-state index in [4.69, 9.17) is 9.52 Å². The fraction of sp³-hybridized carbons (Fsp3) is 0. The highest BCUT2D eigenvalue weighted by Gasteiger charge is 2.11. The molecule has 1 N–H and O–H groups in total. The molecule has 3 aromatic rings. The van der Waals surface area contributed by atoms with Gasteiger partial charge in [0, 0.05) is 16.9 Å². The molecule has 3 heterocycles. The van der Waals surface area contributed by atoms with Gasteiger partial charge in [-0.2, -0.15) is 0 Å². The van der Waals surface area contributed by atoms with E-state index < -0.39 is 5.97 Å². The van der Waals surface area contributed by atoms with Crippen LogP contribution in [0.2, 0.25) is 0 Å². The first kappa shape index (κ1) is 11.8. The largest absolute Gasteiger partial charge is 0.477 e. The summed E-state index contributed by atoms with van der Waals surface area (Å²) >= 11 is 3.30. The Labute approximate surface area is 115 Å². The second-order valence-corrected chi connectivity index (χ2v) is 4.65. The molecule has 0 spiro atoms. The SMILES string of the molecule is O=C(O)c1ccc(-c2nc3cc(Br)cnc3o2)cn1. The van der Waals surface area contributed by atoms with Gasteiger partial charge >= 0.3 is 5.97 Å². The zero-order valence-corrected chi connectivity index (χ0v) is 11.0. The maximum atomic E-state index is 10.7. The van der Waals surface area contributed by atoms with Crippen LogP contribution < -0.4 is 0 Å². The minimum absolute atomic E-state index is 0.0271. The van der Waals surface area contributed by atoms with E-state index >= 15 is 0 Å². The van der Waals surface area contributed by atoms with Crippen molar-refractivity contribution in [3.05, 3.63) is 40.8 Å². The van der Waals surface area contributed by atoms with Crippen molar-refractivity contribution in [1.82, 2.24) is 15.0 Å². The van der Waals surface area contributed by atoms with Crippen LogP contribution in [0.1, 0.15) is 10.5 Å². The van der Waals surface area contributed by atoms with Crippen molar-refractivity contribution in [1.29, 1.82) is 0 Å². The first-order chi connectivity index (χ1) is 9.13. The van der Waals surface area contributed by atoms with E-state index in [1.54, 1.807) is 18.3 Å². The molecule has 94 valence electrons. The van der Waals surface area contributed by atoms with Gasteiger partial charge in [0.1, 0.15) is 11.2 Å². The van der Waals surface area contributed by atoms with Crippen molar-refractivity contribution in [3.63, 3.8) is 0 Å². The van der Waals surface area contributed by atoms with Gasteiger partial charge in [-0.05, 0) is 34.1 Å². The zero-order chi connectivity index (χ0) is 13.4. The van der Waals surface area contributed by atoms with Crippen LogP contribution in [0.4, 0.5) is 0 Å². The maximum absolute atomic E-state index is 10.7. The van der Waals surface area contributed by atoms with Gasteiger partial charge < -0.3 is 9.52 Å². The number of oxazole rings is 1. The summed E-state index contributed by atoms with van der Waals surface area (Å²) in [5.74, 6) is -0.722. The number of pyridine rings is 2. The lowest BCUT2D eigenvalue weighted by molar-refractivity contribution is 0.0690. The number of carboxylic acid groups (broad SMARTS) is 1. The summed E-state index contributed by atoms with van der Waals surface area (Å²) in [6, 6.07) is 4.78. The normalized spacial score (nSPS) is 10.8. The van der Waals surface area contributed by atoms with Crippen LogP contribution in [0.3, 0.4) is 0 Å². The first-order valence-corrected chi connectivity index (χ1v) is 6.04. The maximum Gasteiger partial charge on any atom is 0.354 e. The zero-order valence-electron chi connectivity index (χ0n) is 9.37. The number of nitrogens with zero attached hydrogens (tertiary/aromatic N) is 3. The molecule has 0 aliphatic heterocycles. The Morgan fingerprint density at radius 3 is 2.79 bits per heavy atom. The number of carbonyl (C=O) groups is 1. The van der Waals surface area contributed by atoms with Crippen molar-refractivity contribution < 1.29 is 14.3 Å². The third-order valence-electron chi connectivity index (χ3n) is 2.44. The Hall–Kier alpha value is -2.28. The summed E-state index contributed by atoms with van der Waals surface area (Å²) in [6.07, 6.45) is 3.02. The molecule has 0 saturated carbocycles. The highest BCUT2D eigenvalue weighted by molar-refractivity contribution is 9.10.